The Morgan fingerprint density at radius 3 is 3.50 bits per heavy atom. The minimum Gasteiger partial charge on any atom is -0.492 e. The van der Waals surface area contributed by atoms with Crippen LogP contribution in [0, 0.1) is 0 Å². The molecule has 0 fully saturated rings. The summed E-state index contributed by atoms with van der Waals surface area (Å²) in [5.74, 6) is 0.0606. The van der Waals surface area contributed by atoms with Crippen LogP contribution >= 0.6 is 15.9 Å². The Kier molecular flexibility index (Phi) is 1.15. The third-order valence-corrected chi connectivity index (χ3v) is 1.28. The molecular weight excluding hydrogens is 194 g/mol. The summed E-state index contributed by atoms with van der Waals surface area (Å²) in [5.41, 5.74) is 0. The Morgan fingerprint density at radius 1 is 1.90 bits per heavy atom. The summed E-state index contributed by atoms with van der Waals surface area (Å²) in [6.45, 7) is -5.56. The third-order valence-electron chi connectivity index (χ3n) is 0.849. The van der Waals surface area contributed by atoms with Gasteiger partial charge in [0.25, 0.3) is 0 Å². The highest BCUT2D eigenvalue weighted by atomic mass is 79.9. The molecule has 2 nitrogen and oxygen atoms in total. The topological polar surface area (TPSA) is 22.1 Å². The second kappa shape index (κ2) is 3.56. The number of hydrogen-bond donors (Lipinski definition) is 0. The zero-order valence-electron chi connectivity index (χ0n) is 9.97. The van der Waals surface area contributed by atoms with Gasteiger partial charge >= 0.3 is 0 Å². The standard InChI is InChI=1S/C7H8BrNO/c1-2-10-7-3-6(8)4-9-5-7/h3-5H,2H2,1H3/i1D3,2D2. The zero-order valence-corrected chi connectivity index (χ0v) is 6.55. The molecule has 0 bridgehead atoms. The van der Waals surface area contributed by atoms with Gasteiger partial charge in [-0.1, -0.05) is 0 Å². The Bertz CT molecular complexity index is 353. The maximum Gasteiger partial charge on any atom is 0.138 e. The monoisotopic (exact) mass is 206 g/mol. The van der Waals surface area contributed by atoms with Crippen molar-refractivity contribution < 1.29 is 11.6 Å². The number of hydrogen-bond acceptors (Lipinski definition) is 2. The molecule has 1 aromatic heterocycles. The van der Waals surface area contributed by atoms with E-state index in [1.807, 2.05) is 0 Å². The van der Waals surface area contributed by atoms with Gasteiger partial charge in [-0.05, 0) is 28.8 Å². The molecule has 0 N–H and O–H groups in total. The van der Waals surface area contributed by atoms with Crippen molar-refractivity contribution >= 4 is 15.9 Å². The van der Waals surface area contributed by atoms with Crippen LogP contribution in [0.25, 0.3) is 0 Å². The van der Waals surface area contributed by atoms with Gasteiger partial charge in [0, 0.05) is 14.8 Å². The molecule has 0 saturated carbocycles. The van der Waals surface area contributed by atoms with Crippen LogP contribution in [-0.4, -0.2) is 11.5 Å². The molecule has 0 aliphatic carbocycles. The third kappa shape index (κ3) is 1.99. The van der Waals surface area contributed by atoms with E-state index in [0.717, 1.165) is 0 Å². The second-order valence-corrected chi connectivity index (χ2v) is 2.46. The summed E-state index contributed by atoms with van der Waals surface area (Å²) in [7, 11) is 0. The molecule has 1 aromatic rings. The van der Waals surface area contributed by atoms with Crippen LogP contribution in [0.2, 0.25) is 0 Å². The van der Waals surface area contributed by atoms with Gasteiger partial charge in [-0.2, -0.15) is 0 Å². The van der Waals surface area contributed by atoms with Crippen LogP contribution in [0.3, 0.4) is 0 Å². The molecule has 0 aromatic carbocycles. The van der Waals surface area contributed by atoms with Crippen molar-refractivity contribution in [3.63, 3.8) is 0 Å². The van der Waals surface area contributed by atoms with Gasteiger partial charge < -0.3 is 4.74 Å². The Balaban J connectivity index is 2.87. The predicted molar refractivity (Wildman–Crippen MR) is 43.1 cm³/mol. The molecule has 0 atom stereocenters. The van der Waals surface area contributed by atoms with Crippen molar-refractivity contribution in [1.82, 2.24) is 4.98 Å². The number of halogens is 1. The molecule has 0 radical (unpaired) electrons. The van der Waals surface area contributed by atoms with E-state index in [9.17, 15) is 0 Å². The van der Waals surface area contributed by atoms with Gasteiger partial charge in [0.1, 0.15) is 5.75 Å². The van der Waals surface area contributed by atoms with E-state index in [2.05, 4.69) is 20.9 Å². The lowest BCUT2D eigenvalue weighted by atomic mass is 10.5. The summed E-state index contributed by atoms with van der Waals surface area (Å²) in [6, 6.07) is 1.44. The Morgan fingerprint density at radius 2 is 2.80 bits per heavy atom. The van der Waals surface area contributed by atoms with Crippen LogP contribution in [-0.2, 0) is 0 Å². The number of nitrogens with zero attached hydrogens (tertiary/aromatic N) is 1. The predicted octanol–water partition coefficient (Wildman–Crippen LogP) is 2.24. The highest BCUT2D eigenvalue weighted by molar-refractivity contribution is 9.10. The number of pyridine rings is 1. The molecule has 10 heavy (non-hydrogen) atoms. The fraction of sp³-hybridized carbons (Fsp3) is 0.286. The molecule has 1 rings (SSSR count). The first-order valence-electron chi connectivity index (χ1n) is 5.02. The molecule has 0 saturated heterocycles. The van der Waals surface area contributed by atoms with Crippen molar-refractivity contribution in [2.45, 2.75) is 6.85 Å². The van der Waals surface area contributed by atoms with Gasteiger partial charge in [-0.3, -0.25) is 4.98 Å². The fourth-order valence-electron chi connectivity index (χ4n) is 0.507. The van der Waals surface area contributed by atoms with Crippen molar-refractivity contribution in [1.29, 1.82) is 0 Å². The normalized spacial score (nSPS) is 19.5. The Hall–Kier alpha value is -0.570. The maximum absolute atomic E-state index is 7.22. The van der Waals surface area contributed by atoms with E-state index in [1.54, 1.807) is 0 Å². The molecular formula is C7H8BrNO. The first-order chi connectivity index (χ1) is 6.72. The van der Waals surface area contributed by atoms with Crippen molar-refractivity contribution in [2.75, 3.05) is 6.56 Å². The minimum atomic E-state index is -2.84. The van der Waals surface area contributed by atoms with Crippen molar-refractivity contribution in [2.24, 2.45) is 0 Å². The van der Waals surface area contributed by atoms with Crippen molar-refractivity contribution in [3.8, 4) is 5.75 Å². The molecule has 54 valence electrons. The lowest BCUT2D eigenvalue weighted by Gasteiger charge is -2.00. The molecule has 0 aliphatic rings. The average Bonchev–Trinajstić information content (AvgIpc) is 2.00. The number of ether oxygens (including phenoxy) is 1. The molecule has 0 aliphatic heterocycles. The van der Waals surface area contributed by atoms with Gasteiger partial charge in [0.05, 0.1) is 15.5 Å². The average molecular weight is 207 g/mol. The van der Waals surface area contributed by atoms with Crippen LogP contribution in [0.5, 0.6) is 5.75 Å². The first-order valence-corrected chi connectivity index (χ1v) is 3.31. The van der Waals surface area contributed by atoms with Crippen molar-refractivity contribution in [3.05, 3.63) is 22.9 Å². The zero-order chi connectivity index (χ0) is 11.7. The summed E-state index contributed by atoms with van der Waals surface area (Å²) >= 11 is 3.11. The van der Waals surface area contributed by atoms with Crippen LogP contribution < -0.4 is 4.74 Å². The van der Waals surface area contributed by atoms with E-state index >= 15 is 0 Å². The molecule has 1 heterocycles. The highest BCUT2D eigenvalue weighted by Crippen LogP contribution is 2.15. The highest BCUT2D eigenvalue weighted by Gasteiger charge is 1.91. The van der Waals surface area contributed by atoms with E-state index in [-0.39, 0.29) is 5.75 Å². The van der Waals surface area contributed by atoms with E-state index in [0.29, 0.717) is 4.47 Å². The quantitative estimate of drug-likeness (QED) is 0.741. The summed E-state index contributed by atoms with van der Waals surface area (Å²) in [5, 5.41) is 0. The minimum absolute atomic E-state index is 0.0606. The molecule has 0 spiro atoms. The van der Waals surface area contributed by atoms with Gasteiger partial charge in [-0.15, -0.1) is 0 Å². The summed E-state index contributed by atoms with van der Waals surface area (Å²) in [6.07, 6.45) is 2.73. The lowest BCUT2D eigenvalue weighted by molar-refractivity contribution is 0.338. The van der Waals surface area contributed by atoms with Gasteiger partial charge in [0.2, 0.25) is 0 Å². The molecule has 0 unspecified atom stereocenters. The van der Waals surface area contributed by atoms with Crippen LogP contribution in [0.4, 0.5) is 0 Å². The smallest absolute Gasteiger partial charge is 0.138 e. The molecule has 3 heteroatoms. The van der Waals surface area contributed by atoms with Gasteiger partial charge in [-0.25, -0.2) is 0 Å². The largest absolute Gasteiger partial charge is 0.492 e. The maximum atomic E-state index is 7.22. The second-order valence-electron chi connectivity index (χ2n) is 1.54. The van der Waals surface area contributed by atoms with Crippen LogP contribution in [0.1, 0.15) is 13.7 Å². The van der Waals surface area contributed by atoms with E-state index in [4.69, 9.17) is 11.6 Å². The van der Waals surface area contributed by atoms with E-state index in [1.165, 1.54) is 18.5 Å². The first kappa shape index (κ1) is 3.22. The summed E-state index contributed by atoms with van der Waals surface area (Å²) < 4.78 is 40.6. The van der Waals surface area contributed by atoms with E-state index < -0.39 is 13.4 Å². The fourth-order valence-corrected chi connectivity index (χ4v) is 0.851. The Labute approximate surface area is 75.4 Å². The number of aromatic nitrogens is 1. The molecule has 0 amide bonds. The van der Waals surface area contributed by atoms with Crippen LogP contribution in [0.15, 0.2) is 22.9 Å². The SMILES string of the molecule is [2H]C([2H])([2H])C([2H])([2H])Oc1cncc(Br)c1. The van der Waals surface area contributed by atoms with Gasteiger partial charge in [0.15, 0.2) is 0 Å². The lowest BCUT2D eigenvalue weighted by Crippen LogP contribution is -1.91. The summed E-state index contributed by atoms with van der Waals surface area (Å²) in [4.78, 5) is 3.73. The number of rotatable bonds is 2.